The standard InChI is InChI=1S/C6H8F2N4OS/c1-9-2-3(13)10-6-12-11-5(14-6)4(7)8/h4,9H,2H2,1H3,(H,10,12,13). The van der Waals surface area contributed by atoms with Gasteiger partial charge >= 0.3 is 0 Å². The van der Waals surface area contributed by atoms with Gasteiger partial charge in [0.05, 0.1) is 6.54 Å². The zero-order valence-corrected chi connectivity index (χ0v) is 8.07. The largest absolute Gasteiger partial charge is 0.311 e. The van der Waals surface area contributed by atoms with Crippen LogP contribution in [0.15, 0.2) is 0 Å². The highest BCUT2D eigenvalue weighted by Crippen LogP contribution is 2.24. The summed E-state index contributed by atoms with van der Waals surface area (Å²) in [5, 5.41) is 11.2. The van der Waals surface area contributed by atoms with E-state index in [0.29, 0.717) is 11.3 Å². The number of hydrogen-bond donors (Lipinski definition) is 2. The van der Waals surface area contributed by atoms with E-state index in [4.69, 9.17) is 0 Å². The van der Waals surface area contributed by atoms with Crippen LogP contribution in [0.2, 0.25) is 0 Å². The van der Waals surface area contributed by atoms with Crippen LogP contribution in [0.5, 0.6) is 0 Å². The molecular weight excluding hydrogens is 214 g/mol. The summed E-state index contributed by atoms with van der Waals surface area (Å²) in [7, 11) is 1.60. The number of rotatable bonds is 4. The minimum Gasteiger partial charge on any atom is -0.311 e. The number of carbonyl (C=O) groups is 1. The molecule has 0 aliphatic heterocycles. The Kier molecular flexibility index (Phi) is 3.84. The van der Waals surface area contributed by atoms with Crippen LogP contribution in [0.4, 0.5) is 13.9 Å². The Balaban J connectivity index is 2.55. The second-order valence-electron chi connectivity index (χ2n) is 2.32. The van der Waals surface area contributed by atoms with Crippen molar-refractivity contribution >= 4 is 22.4 Å². The molecule has 2 N–H and O–H groups in total. The van der Waals surface area contributed by atoms with Crippen molar-refractivity contribution in [2.45, 2.75) is 6.43 Å². The Labute approximate surface area is 82.5 Å². The fourth-order valence-electron chi connectivity index (χ4n) is 0.697. The Hall–Kier alpha value is -1.15. The maximum Gasteiger partial charge on any atom is 0.291 e. The quantitative estimate of drug-likeness (QED) is 0.784. The van der Waals surface area contributed by atoms with E-state index in [0.717, 1.165) is 0 Å². The Bertz CT molecular complexity index is 317. The van der Waals surface area contributed by atoms with Crippen LogP contribution >= 0.6 is 11.3 Å². The fourth-order valence-corrected chi connectivity index (χ4v) is 1.31. The minimum absolute atomic E-state index is 0.0838. The van der Waals surface area contributed by atoms with Gasteiger partial charge in [-0.05, 0) is 7.05 Å². The molecule has 1 heterocycles. The molecule has 0 bridgehead atoms. The van der Waals surface area contributed by atoms with E-state index in [1.165, 1.54) is 0 Å². The number of hydrogen-bond acceptors (Lipinski definition) is 5. The maximum absolute atomic E-state index is 12.0. The average Bonchev–Trinajstić information content (AvgIpc) is 2.53. The van der Waals surface area contributed by atoms with Gasteiger partial charge in [-0.2, -0.15) is 0 Å². The van der Waals surface area contributed by atoms with E-state index in [9.17, 15) is 13.6 Å². The number of halogens is 2. The molecule has 0 aliphatic rings. The maximum atomic E-state index is 12.0. The number of nitrogens with zero attached hydrogens (tertiary/aromatic N) is 2. The molecule has 0 atom stereocenters. The van der Waals surface area contributed by atoms with Crippen LogP contribution in [0.25, 0.3) is 0 Å². The summed E-state index contributed by atoms with van der Waals surface area (Å²) in [6, 6.07) is 0. The molecule has 0 saturated carbocycles. The van der Waals surface area contributed by atoms with Crippen molar-refractivity contribution in [3.63, 3.8) is 0 Å². The fraction of sp³-hybridized carbons (Fsp3) is 0.500. The third kappa shape index (κ3) is 2.96. The summed E-state index contributed by atoms with van der Waals surface area (Å²) in [5.74, 6) is -0.343. The molecule has 1 amide bonds. The molecule has 0 saturated heterocycles. The topological polar surface area (TPSA) is 66.9 Å². The van der Waals surface area contributed by atoms with E-state index >= 15 is 0 Å². The van der Waals surface area contributed by atoms with Crippen molar-refractivity contribution in [3.05, 3.63) is 5.01 Å². The first-order chi connectivity index (χ1) is 6.63. The third-order valence-electron chi connectivity index (χ3n) is 1.21. The highest BCUT2D eigenvalue weighted by molar-refractivity contribution is 7.15. The molecule has 0 spiro atoms. The smallest absolute Gasteiger partial charge is 0.291 e. The molecule has 0 unspecified atom stereocenters. The lowest BCUT2D eigenvalue weighted by Gasteiger charge is -1.97. The van der Waals surface area contributed by atoms with Crippen molar-refractivity contribution in [2.75, 3.05) is 18.9 Å². The Morgan fingerprint density at radius 2 is 2.29 bits per heavy atom. The van der Waals surface area contributed by atoms with Gasteiger partial charge in [0.1, 0.15) is 0 Å². The summed E-state index contributed by atoms with van der Waals surface area (Å²) in [6.07, 6.45) is -2.65. The third-order valence-corrected chi connectivity index (χ3v) is 2.06. The molecule has 1 aromatic heterocycles. The second-order valence-corrected chi connectivity index (χ2v) is 3.33. The van der Waals surface area contributed by atoms with Gasteiger partial charge in [-0.3, -0.25) is 10.1 Å². The molecule has 0 aliphatic carbocycles. The van der Waals surface area contributed by atoms with Gasteiger partial charge < -0.3 is 5.32 Å². The van der Waals surface area contributed by atoms with Crippen LogP contribution in [0.1, 0.15) is 11.4 Å². The molecule has 1 aromatic rings. The lowest BCUT2D eigenvalue weighted by atomic mass is 10.6. The number of alkyl halides is 2. The molecule has 8 heteroatoms. The van der Waals surface area contributed by atoms with Crippen molar-refractivity contribution in [1.82, 2.24) is 15.5 Å². The normalized spacial score (nSPS) is 10.6. The van der Waals surface area contributed by atoms with E-state index in [1.807, 2.05) is 0 Å². The summed E-state index contributed by atoms with van der Waals surface area (Å²) in [5.41, 5.74) is 0. The summed E-state index contributed by atoms with van der Waals surface area (Å²) < 4.78 is 24.1. The van der Waals surface area contributed by atoms with Gasteiger partial charge in [-0.15, -0.1) is 10.2 Å². The Morgan fingerprint density at radius 3 is 2.79 bits per heavy atom. The zero-order valence-electron chi connectivity index (χ0n) is 7.25. The number of amides is 1. The lowest BCUT2D eigenvalue weighted by Crippen LogP contribution is -2.24. The van der Waals surface area contributed by atoms with E-state index in [-0.39, 0.29) is 17.6 Å². The molecular formula is C6H8F2N4OS. The summed E-state index contributed by atoms with van der Waals surface area (Å²) >= 11 is 0.663. The van der Waals surface area contributed by atoms with Crippen LogP contribution in [-0.2, 0) is 4.79 Å². The van der Waals surface area contributed by atoms with E-state index < -0.39 is 11.4 Å². The highest BCUT2D eigenvalue weighted by Gasteiger charge is 2.14. The highest BCUT2D eigenvalue weighted by atomic mass is 32.1. The number of nitrogens with one attached hydrogen (secondary N) is 2. The molecule has 0 aromatic carbocycles. The Morgan fingerprint density at radius 1 is 1.57 bits per heavy atom. The monoisotopic (exact) mass is 222 g/mol. The molecule has 14 heavy (non-hydrogen) atoms. The van der Waals surface area contributed by atoms with Crippen molar-refractivity contribution in [2.24, 2.45) is 0 Å². The van der Waals surface area contributed by atoms with Crippen LogP contribution in [0.3, 0.4) is 0 Å². The first-order valence-corrected chi connectivity index (χ1v) is 4.51. The minimum atomic E-state index is -2.65. The number of likely N-dealkylation sites (N-methyl/N-ethyl adjacent to an activating group) is 1. The molecule has 0 radical (unpaired) electrons. The number of aromatic nitrogens is 2. The van der Waals surface area contributed by atoms with Crippen molar-refractivity contribution in [3.8, 4) is 0 Å². The lowest BCUT2D eigenvalue weighted by molar-refractivity contribution is -0.115. The van der Waals surface area contributed by atoms with Crippen LogP contribution in [0, 0.1) is 0 Å². The summed E-state index contributed by atoms with van der Waals surface area (Å²) in [6.45, 7) is 0.101. The van der Waals surface area contributed by atoms with Gasteiger partial charge in [0.2, 0.25) is 11.0 Å². The SMILES string of the molecule is CNCC(=O)Nc1nnc(C(F)F)s1. The van der Waals surface area contributed by atoms with Gasteiger partial charge in [-0.1, -0.05) is 11.3 Å². The number of anilines is 1. The second kappa shape index (κ2) is 4.91. The van der Waals surface area contributed by atoms with Gasteiger partial charge in [-0.25, -0.2) is 8.78 Å². The van der Waals surface area contributed by atoms with Crippen LogP contribution < -0.4 is 10.6 Å². The predicted octanol–water partition coefficient (Wildman–Crippen LogP) is 0.634. The van der Waals surface area contributed by atoms with Gasteiger partial charge in [0, 0.05) is 0 Å². The zero-order chi connectivity index (χ0) is 10.6. The molecule has 78 valence electrons. The van der Waals surface area contributed by atoms with Crippen molar-refractivity contribution < 1.29 is 13.6 Å². The summed E-state index contributed by atoms with van der Waals surface area (Å²) in [4.78, 5) is 11.0. The average molecular weight is 222 g/mol. The van der Waals surface area contributed by atoms with Gasteiger partial charge in [0.25, 0.3) is 6.43 Å². The van der Waals surface area contributed by atoms with E-state index in [2.05, 4.69) is 20.8 Å². The number of carbonyl (C=O) groups excluding carboxylic acids is 1. The van der Waals surface area contributed by atoms with Crippen molar-refractivity contribution in [1.29, 1.82) is 0 Å². The first kappa shape index (κ1) is 10.9. The first-order valence-electron chi connectivity index (χ1n) is 3.69. The van der Waals surface area contributed by atoms with Crippen LogP contribution in [-0.4, -0.2) is 29.7 Å². The molecule has 5 nitrogen and oxygen atoms in total. The molecule has 1 rings (SSSR count). The van der Waals surface area contributed by atoms with Gasteiger partial charge in [0.15, 0.2) is 5.01 Å². The van der Waals surface area contributed by atoms with E-state index in [1.54, 1.807) is 7.05 Å². The molecule has 0 fully saturated rings. The predicted molar refractivity (Wildman–Crippen MR) is 47.4 cm³/mol.